The van der Waals surface area contributed by atoms with E-state index in [-0.39, 0.29) is 0 Å². The van der Waals surface area contributed by atoms with Gasteiger partial charge in [-0.05, 0) is 69.0 Å². The van der Waals surface area contributed by atoms with Crippen LogP contribution in [0.5, 0.6) is 0 Å². The van der Waals surface area contributed by atoms with Gasteiger partial charge in [-0.1, -0.05) is 6.07 Å². The molecule has 0 aromatic heterocycles. The molecule has 16 heavy (non-hydrogen) atoms. The van der Waals surface area contributed by atoms with Gasteiger partial charge in [-0.3, -0.25) is 4.90 Å². The van der Waals surface area contributed by atoms with Crippen LogP contribution in [-0.2, 0) is 6.42 Å². The molecule has 90 valence electrons. The molecule has 0 N–H and O–H groups in total. The zero-order valence-electron chi connectivity index (χ0n) is 11.1. The molecule has 1 aromatic rings. The zero-order valence-corrected chi connectivity index (χ0v) is 12.0. The van der Waals surface area contributed by atoms with Crippen LogP contribution >= 0.6 is 12.6 Å². The third-order valence-corrected chi connectivity index (χ3v) is 3.99. The summed E-state index contributed by atoms with van der Waals surface area (Å²) in [6, 6.07) is 2.29. The van der Waals surface area contributed by atoms with Crippen LogP contribution in [0.15, 0.2) is 6.07 Å². The first-order chi connectivity index (χ1) is 7.47. The van der Waals surface area contributed by atoms with Gasteiger partial charge in [0.15, 0.2) is 0 Å². The first-order valence-corrected chi connectivity index (χ1v) is 6.46. The molecular formula is C14H23NS. The van der Waals surface area contributed by atoms with Crippen LogP contribution < -0.4 is 0 Å². The van der Waals surface area contributed by atoms with Crippen molar-refractivity contribution in [1.29, 1.82) is 0 Å². The van der Waals surface area contributed by atoms with Crippen LogP contribution in [-0.4, -0.2) is 24.4 Å². The molecule has 0 saturated carbocycles. The predicted molar refractivity (Wildman–Crippen MR) is 75.6 cm³/mol. The number of hydrogen-bond acceptors (Lipinski definition) is 2. The van der Waals surface area contributed by atoms with Crippen LogP contribution in [0.4, 0.5) is 0 Å². The van der Waals surface area contributed by atoms with E-state index in [1.807, 2.05) is 0 Å². The average molecular weight is 237 g/mol. The number of thiol groups is 1. The van der Waals surface area contributed by atoms with E-state index in [4.69, 9.17) is 0 Å². The van der Waals surface area contributed by atoms with Crippen molar-refractivity contribution in [1.82, 2.24) is 4.90 Å². The predicted octanol–water partition coefficient (Wildman–Crippen LogP) is 3.28. The van der Waals surface area contributed by atoms with E-state index in [1.54, 1.807) is 0 Å². The van der Waals surface area contributed by atoms with E-state index in [0.717, 1.165) is 18.8 Å². The smallest absolute Gasteiger partial charge is 0.0411 e. The van der Waals surface area contributed by atoms with E-state index in [0.29, 0.717) is 0 Å². The van der Waals surface area contributed by atoms with Gasteiger partial charge in [0.2, 0.25) is 0 Å². The minimum Gasteiger partial charge on any atom is -0.297 e. The molecule has 0 bridgehead atoms. The van der Waals surface area contributed by atoms with Gasteiger partial charge < -0.3 is 0 Å². The van der Waals surface area contributed by atoms with Crippen LogP contribution in [0, 0.1) is 27.7 Å². The second kappa shape index (κ2) is 5.74. The molecule has 0 aliphatic rings. The fourth-order valence-electron chi connectivity index (χ4n) is 2.05. The second-order valence-electron chi connectivity index (χ2n) is 4.71. The van der Waals surface area contributed by atoms with E-state index < -0.39 is 0 Å². The van der Waals surface area contributed by atoms with Crippen LogP contribution in [0.25, 0.3) is 0 Å². The van der Waals surface area contributed by atoms with Crippen molar-refractivity contribution in [2.24, 2.45) is 0 Å². The van der Waals surface area contributed by atoms with Crippen molar-refractivity contribution in [2.75, 3.05) is 19.5 Å². The lowest BCUT2D eigenvalue weighted by atomic mass is 9.92. The van der Waals surface area contributed by atoms with Crippen LogP contribution in [0.3, 0.4) is 0 Å². The van der Waals surface area contributed by atoms with E-state index in [1.165, 1.54) is 27.8 Å². The molecule has 0 unspecified atom stereocenters. The number of benzene rings is 1. The summed E-state index contributed by atoms with van der Waals surface area (Å²) >= 11 is 4.28. The molecular weight excluding hydrogens is 214 g/mol. The Hall–Kier alpha value is -0.470. The fourth-order valence-corrected chi connectivity index (χ4v) is 2.19. The molecule has 0 aliphatic carbocycles. The molecule has 0 saturated heterocycles. The highest BCUT2D eigenvalue weighted by Gasteiger charge is 2.08. The topological polar surface area (TPSA) is 3.24 Å². The Morgan fingerprint density at radius 2 is 1.56 bits per heavy atom. The van der Waals surface area contributed by atoms with Crippen molar-refractivity contribution in [2.45, 2.75) is 34.1 Å². The molecule has 0 fully saturated rings. The Morgan fingerprint density at radius 3 is 2.00 bits per heavy atom. The summed E-state index contributed by atoms with van der Waals surface area (Å²) < 4.78 is 0. The van der Waals surface area contributed by atoms with Crippen molar-refractivity contribution in [3.8, 4) is 0 Å². The minimum atomic E-state index is 0.822. The third-order valence-electron chi connectivity index (χ3n) is 3.51. The van der Waals surface area contributed by atoms with Gasteiger partial charge in [0.1, 0.15) is 0 Å². The van der Waals surface area contributed by atoms with Gasteiger partial charge in [-0.25, -0.2) is 0 Å². The highest BCUT2D eigenvalue weighted by Crippen LogP contribution is 2.22. The van der Waals surface area contributed by atoms with Gasteiger partial charge in [0, 0.05) is 12.4 Å². The largest absolute Gasteiger partial charge is 0.297 e. The molecule has 1 aromatic carbocycles. The molecule has 0 heterocycles. The molecule has 1 nitrogen and oxygen atoms in total. The highest BCUT2D eigenvalue weighted by atomic mass is 32.1. The van der Waals surface area contributed by atoms with Crippen molar-refractivity contribution in [3.05, 3.63) is 33.9 Å². The monoisotopic (exact) mass is 237 g/mol. The lowest BCUT2D eigenvalue weighted by Gasteiger charge is -2.18. The SMILES string of the molecule is Cc1cc(C)c(C)c(CCN(C)CS)c1C. The third kappa shape index (κ3) is 3.02. The summed E-state index contributed by atoms with van der Waals surface area (Å²) in [5.74, 6) is 0.822. The zero-order chi connectivity index (χ0) is 12.3. The standard InChI is InChI=1S/C14H23NS/c1-10-8-11(2)13(4)14(12(10)3)6-7-15(5)9-16/h8,16H,6-7,9H2,1-5H3. The average Bonchev–Trinajstić information content (AvgIpc) is 2.26. The maximum Gasteiger partial charge on any atom is 0.0411 e. The summed E-state index contributed by atoms with van der Waals surface area (Å²) in [5, 5.41) is 0. The number of rotatable bonds is 4. The Kier molecular flexibility index (Phi) is 4.88. The van der Waals surface area contributed by atoms with Gasteiger partial charge in [0.05, 0.1) is 0 Å². The highest BCUT2D eigenvalue weighted by molar-refractivity contribution is 7.80. The number of aryl methyl sites for hydroxylation is 2. The van der Waals surface area contributed by atoms with Gasteiger partial charge >= 0.3 is 0 Å². The molecule has 0 aliphatic heterocycles. The van der Waals surface area contributed by atoms with E-state index in [2.05, 4.69) is 58.3 Å². The molecule has 0 spiro atoms. The van der Waals surface area contributed by atoms with Crippen LogP contribution in [0.1, 0.15) is 27.8 Å². The molecule has 0 radical (unpaired) electrons. The quantitative estimate of drug-likeness (QED) is 0.621. The summed E-state index contributed by atoms with van der Waals surface area (Å²) in [7, 11) is 2.11. The second-order valence-corrected chi connectivity index (χ2v) is 4.99. The summed E-state index contributed by atoms with van der Waals surface area (Å²) in [5.41, 5.74) is 7.25. The first-order valence-electron chi connectivity index (χ1n) is 5.83. The number of hydrogen-bond donors (Lipinski definition) is 1. The number of nitrogens with zero attached hydrogens (tertiary/aromatic N) is 1. The Labute approximate surface area is 105 Å². The Morgan fingerprint density at radius 1 is 1.06 bits per heavy atom. The van der Waals surface area contributed by atoms with Gasteiger partial charge in [-0.2, -0.15) is 12.6 Å². The van der Waals surface area contributed by atoms with Gasteiger partial charge in [-0.15, -0.1) is 0 Å². The first kappa shape index (κ1) is 13.6. The fraction of sp³-hybridized carbons (Fsp3) is 0.571. The van der Waals surface area contributed by atoms with Crippen LogP contribution in [0.2, 0.25) is 0 Å². The van der Waals surface area contributed by atoms with Crippen molar-refractivity contribution < 1.29 is 0 Å². The Bertz CT molecular complexity index is 345. The molecule has 0 atom stereocenters. The minimum absolute atomic E-state index is 0.822. The summed E-state index contributed by atoms with van der Waals surface area (Å²) in [4.78, 5) is 2.24. The molecule has 1 rings (SSSR count). The number of likely N-dealkylation sites (N-methyl/N-ethyl adjacent to an activating group) is 1. The lowest BCUT2D eigenvalue weighted by Crippen LogP contribution is -2.20. The normalized spacial score (nSPS) is 11.2. The maximum absolute atomic E-state index is 4.28. The van der Waals surface area contributed by atoms with E-state index in [9.17, 15) is 0 Å². The van der Waals surface area contributed by atoms with Crippen molar-refractivity contribution in [3.63, 3.8) is 0 Å². The summed E-state index contributed by atoms with van der Waals surface area (Å²) in [6.45, 7) is 9.95. The Balaban J connectivity index is 2.94. The summed E-state index contributed by atoms with van der Waals surface area (Å²) in [6.07, 6.45) is 1.12. The van der Waals surface area contributed by atoms with Gasteiger partial charge in [0.25, 0.3) is 0 Å². The van der Waals surface area contributed by atoms with E-state index >= 15 is 0 Å². The van der Waals surface area contributed by atoms with Crippen molar-refractivity contribution >= 4 is 12.6 Å². The molecule has 2 heteroatoms. The maximum atomic E-state index is 4.28. The lowest BCUT2D eigenvalue weighted by molar-refractivity contribution is 0.398. The molecule has 0 amide bonds.